The van der Waals surface area contributed by atoms with E-state index in [4.69, 9.17) is 9.47 Å². The van der Waals surface area contributed by atoms with Gasteiger partial charge >= 0.3 is 11.9 Å². The average Bonchev–Trinajstić information content (AvgIpc) is 3.16. The number of amides is 1. The molecule has 0 fully saturated rings. The Balaban J connectivity index is 2.01. The first-order chi connectivity index (χ1) is 25.0. The number of carbonyl (C=O) groups excluding carboxylic acids is 3. The van der Waals surface area contributed by atoms with E-state index in [1.807, 2.05) is 12.1 Å². The monoisotopic (exact) mass is 708 g/mol. The Hall–Kier alpha value is -3.19. The highest BCUT2D eigenvalue weighted by Gasteiger charge is 2.36. The highest BCUT2D eigenvalue weighted by molar-refractivity contribution is 5.90. The van der Waals surface area contributed by atoms with Crippen LogP contribution in [-0.2, 0) is 14.3 Å². The predicted molar refractivity (Wildman–Crippen MR) is 208 cm³/mol. The lowest BCUT2D eigenvalue weighted by Crippen LogP contribution is -2.53. The van der Waals surface area contributed by atoms with Gasteiger partial charge in [0.15, 0.2) is 6.10 Å². The molecule has 0 radical (unpaired) electrons. The fraction of sp³-hybridized carbons (Fsp3) is 0.659. The summed E-state index contributed by atoms with van der Waals surface area (Å²) in [6.45, 7) is 4.00. The van der Waals surface area contributed by atoms with Crippen molar-refractivity contribution in [2.75, 3.05) is 6.61 Å². The first-order valence-corrected chi connectivity index (χ1v) is 20.4. The van der Waals surface area contributed by atoms with Gasteiger partial charge in [-0.2, -0.15) is 0 Å². The van der Waals surface area contributed by atoms with Crippen molar-refractivity contribution in [2.24, 2.45) is 0 Å². The quantitative estimate of drug-likeness (QED) is 0.0597. The molecule has 0 aliphatic carbocycles. The molecule has 0 saturated carbocycles. The molecule has 3 atom stereocenters. The van der Waals surface area contributed by atoms with Crippen LogP contribution in [0.15, 0.2) is 60.7 Å². The van der Waals surface area contributed by atoms with E-state index in [0.29, 0.717) is 24.0 Å². The average molecular weight is 708 g/mol. The van der Waals surface area contributed by atoms with Crippen molar-refractivity contribution < 1.29 is 29.0 Å². The molecule has 286 valence electrons. The molecule has 2 N–H and O–H groups in total. The molecule has 0 aromatic heterocycles. The lowest BCUT2D eigenvalue weighted by atomic mass is 9.98. The van der Waals surface area contributed by atoms with Gasteiger partial charge in [-0.1, -0.05) is 172 Å². The van der Waals surface area contributed by atoms with Crippen molar-refractivity contribution in [1.29, 1.82) is 0 Å². The third kappa shape index (κ3) is 20.4. The van der Waals surface area contributed by atoms with Gasteiger partial charge in [0.05, 0.1) is 23.8 Å². The van der Waals surface area contributed by atoms with Crippen molar-refractivity contribution in [3.63, 3.8) is 0 Å². The molecule has 7 heteroatoms. The molecule has 2 aromatic carbocycles. The largest absolute Gasteiger partial charge is 0.455 e. The molecule has 0 saturated heterocycles. The lowest BCUT2D eigenvalue weighted by molar-refractivity contribution is -0.124. The summed E-state index contributed by atoms with van der Waals surface area (Å²) in [7, 11) is 0. The molecule has 7 nitrogen and oxygen atoms in total. The molecule has 0 heterocycles. The Morgan fingerprint density at radius 2 is 0.941 bits per heavy atom. The van der Waals surface area contributed by atoms with Crippen LogP contribution in [0.3, 0.4) is 0 Å². The number of unbranched alkanes of at least 4 members (excludes halogenated alkanes) is 19. The van der Waals surface area contributed by atoms with Crippen LogP contribution in [0.2, 0.25) is 0 Å². The molecule has 0 spiro atoms. The first kappa shape index (κ1) is 44.0. The summed E-state index contributed by atoms with van der Waals surface area (Å²) in [5.74, 6) is -1.34. The number of rotatable bonds is 31. The van der Waals surface area contributed by atoms with E-state index in [-0.39, 0.29) is 5.91 Å². The van der Waals surface area contributed by atoms with Crippen LogP contribution in [0.4, 0.5) is 0 Å². The van der Waals surface area contributed by atoms with E-state index in [1.54, 1.807) is 48.5 Å². The van der Waals surface area contributed by atoms with Crippen LogP contribution in [0.1, 0.15) is 182 Å². The zero-order valence-electron chi connectivity index (χ0n) is 32.0. The molecule has 0 bridgehead atoms. The third-order valence-corrected chi connectivity index (χ3v) is 9.68. The Morgan fingerprint density at radius 3 is 1.37 bits per heavy atom. The van der Waals surface area contributed by atoms with Crippen LogP contribution in [-0.4, -0.2) is 47.8 Å². The van der Waals surface area contributed by atoms with Crippen LogP contribution in [0, 0.1) is 0 Å². The highest BCUT2D eigenvalue weighted by atomic mass is 16.6. The maximum absolute atomic E-state index is 13.4. The molecular formula is C44H69NO6. The van der Waals surface area contributed by atoms with Gasteiger partial charge < -0.3 is 19.9 Å². The van der Waals surface area contributed by atoms with E-state index in [2.05, 4.69) is 19.2 Å². The number of hydrogen-bond donors (Lipinski definition) is 2. The molecule has 0 aliphatic heterocycles. The van der Waals surface area contributed by atoms with Crippen LogP contribution in [0.25, 0.3) is 0 Å². The van der Waals surface area contributed by atoms with Crippen molar-refractivity contribution in [1.82, 2.24) is 5.32 Å². The minimum atomic E-state index is -1.07. The lowest BCUT2D eigenvalue weighted by Gasteiger charge is -2.33. The van der Waals surface area contributed by atoms with Crippen LogP contribution >= 0.6 is 0 Å². The molecule has 51 heavy (non-hydrogen) atoms. The number of ether oxygens (including phenoxy) is 2. The summed E-state index contributed by atoms with van der Waals surface area (Å²) >= 11 is 0. The van der Waals surface area contributed by atoms with E-state index in [1.165, 1.54) is 89.9 Å². The van der Waals surface area contributed by atoms with Gasteiger partial charge in [-0.05, 0) is 43.5 Å². The SMILES string of the molecule is CCCCCCCCCCCCCCCC(=O)N[C@@H](CO)[C@H](OC(=O)c1ccccc1)[C@@H](CCCCCCCCCC)OC(=O)c1ccccc1. The predicted octanol–water partition coefficient (Wildman–Crippen LogP) is 10.9. The molecule has 0 aliphatic rings. The zero-order valence-corrected chi connectivity index (χ0v) is 32.0. The van der Waals surface area contributed by atoms with Gasteiger partial charge in [-0.15, -0.1) is 0 Å². The van der Waals surface area contributed by atoms with Gasteiger partial charge in [0, 0.05) is 6.42 Å². The van der Waals surface area contributed by atoms with E-state index >= 15 is 0 Å². The van der Waals surface area contributed by atoms with Gasteiger partial charge in [0.25, 0.3) is 0 Å². The summed E-state index contributed by atoms with van der Waals surface area (Å²) < 4.78 is 12.1. The summed E-state index contributed by atoms with van der Waals surface area (Å²) in [6.07, 6.45) is 23.5. The van der Waals surface area contributed by atoms with E-state index in [0.717, 1.165) is 44.9 Å². The Morgan fingerprint density at radius 1 is 0.549 bits per heavy atom. The van der Waals surface area contributed by atoms with Crippen molar-refractivity contribution in [3.8, 4) is 0 Å². The smallest absolute Gasteiger partial charge is 0.338 e. The number of carbonyl (C=O) groups is 3. The number of esters is 2. The Bertz CT molecular complexity index is 1160. The van der Waals surface area contributed by atoms with Gasteiger partial charge in [0.1, 0.15) is 6.10 Å². The van der Waals surface area contributed by atoms with Crippen molar-refractivity contribution >= 4 is 17.8 Å². The minimum absolute atomic E-state index is 0.210. The number of aliphatic hydroxyl groups is 1. The second-order valence-electron chi connectivity index (χ2n) is 14.2. The second-order valence-corrected chi connectivity index (χ2v) is 14.2. The maximum Gasteiger partial charge on any atom is 0.338 e. The zero-order chi connectivity index (χ0) is 36.8. The molecule has 2 rings (SSSR count). The summed E-state index contributed by atoms with van der Waals surface area (Å²) in [5.41, 5.74) is 0.733. The molecule has 0 unspecified atom stereocenters. The maximum atomic E-state index is 13.4. The molecule has 1 amide bonds. The second kappa shape index (κ2) is 29.4. The fourth-order valence-corrected chi connectivity index (χ4v) is 6.55. The topological polar surface area (TPSA) is 102 Å². The van der Waals surface area contributed by atoms with Crippen molar-refractivity contribution in [2.45, 2.75) is 180 Å². The van der Waals surface area contributed by atoms with E-state index < -0.39 is 36.8 Å². The van der Waals surface area contributed by atoms with Gasteiger partial charge in [-0.25, -0.2) is 9.59 Å². The minimum Gasteiger partial charge on any atom is -0.455 e. The van der Waals surface area contributed by atoms with Crippen LogP contribution < -0.4 is 5.32 Å². The fourth-order valence-electron chi connectivity index (χ4n) is 6.55. The number of nitrogens with one attached hydrogen (secondary N) is 1. The Labute approximate surface area is 309 Å². The van der Waals surface area contributed by atoms with Gasteiger partial charge in [0.2, 0.25) is 5.91 Å². The summed E-state index contributed by atoms with van der Waals surface area (Å²) in [5, 5.41) is 13.5. The molecular weight excluding hydrogens is 638 g/mol. The van der Waals surface area contributed by atoms with Gasteiger partial charge in [-0.3, -0.25) is 4.79 Å². The first-order valence-electron chi connectivity index (χ1n) is 20.4. The Kier molecular flexibility index (Phi) is 25.3. The summed E-state index contributed by atoms with van der Waals surface area (Å²) in [6, 6.07) is 16.4. The number of benzene rings is 2. The van der Waals surface area contributed by atoms with Crippen molar-refractivity contribution in [3.05, 3.63) is 71.8 Å². The third-order valence-electron chi connectivity index (χ3n) is 9.68. The normalized spacial score (nSPS) is 12.9. The molecule has 2 aromatic rings. The van der Waals surface area contributed by atoms with Crippen LogP contribution in [0.5, 0.6) is 0 Å². The van der Waals surface area contributed by atoms with E-state index in [9.17, 15) is 19.5 Å². The number of aliphatic hydroxyl groups excluding tert-OH is 1. The standard InChI is InChI=1S/C44H69NO6/c1-3-5-7-9-11-13-14-15-16-17-19-21-29-35-41(47)45-39(36-46)42(51-44(49)38-32-26-23-27-33-38)40(34-28-20-18-12-10-8-6-4-2)50-43(48)37-30-24-22-25-31-37/h22-27,30-33,39-40,42,46H,3-21,28-29,34-36H2,1-2H3,(H,45,47)/t39-,40+,42-/m0/s1. The highest BCUT2D eigenvalue weighted by Crippen LogP contribution is 2.22. The summed E-state index contributed by atoms with van der Waals surface area (Å²) in [4.78, 5) is 39.9. The number of hydrogen-bond acceptors (Lipinski definition) is 6.